The molecule has 1 heterocycles. The van der Waals surface area contributed by atoms with Crippen LogP contribution in [0.5, 0.6) is 0 Å². The molecule has 1 aliphatic rings. The molecule has 1 aromatic heterocycles. The number of aromatic nitrogens is 2. The summed E-state index contributed by atoms with van der Waals surface area (Å²) < 4.78 is 5.18. The minimum absolute atomic E-state index is 0.310. The van der Waals surface area contributed by atoms with Crippen LogP contribution in [0.1, 0.15) is 44.6 Å². The monoisotopic (exact) mass is 283 g/mol. The van der Waals surface area contributed by atoms with Gasteiger partial charge in [0.1, 0.15) is 17.3 Å². The topological polar surface area (TPSA) is 47.0 Å². The van der Waals surface area contributed by atoms with E-state index < -0.39 is 0 Å². The molecule has 0 aromatic carbocycles. The number of rotatable bonds is 7. The van der Waals surface area contributed by atoms with Gasteiger partial charge in [0.2, 0.25) is 0 Å². The number of hydrogen-bond acceptors (Lipinski definition) is 4. The fourth-order valence-corrected chi connectivity index (χ4v) is 2.66. The summed E-state index contributed by atoms with van der Waals surface area (Å²) >= 11 is 6.16. The molecule has 1 fully saturated rings. The second-order valence-corrected chi connectivity index (χ2v) is 6.04. The van der Waals surface area contributed by atoms with Crippen molar-refractivity contribution in [2.24, 2.45) is 5.41 Å². The maximum Gasteiger partial charge on any atom is 0.138 e. The van der Waals surface area contributed by atoms with E-state index in [2.05, 4.69) is 29.1 Å². The number of halogens is 1. The molecule has 1 aromatic rings. The first-order chi connectivity index (χ1) is 9.08. The summed E-state index contributed by atoms with van der Waals surface area (Å²) in [5.74, 6) is 1.18. The first-order valence-electron chi connectivity index (χ1n) is 6.81. The van der Waals surface area contributed by atoms with E-state index in [-0.39, 0.29) is 0 Å². The van der Waals surface area contributed by atoms with Gasteiger partial charge in [-0.1, -0.05) is 25.4 Å². The highest BCUT2D eigenvalue weighted by Crippen LogP contribution is 2.48. The lowest BCUT2D eigenvalue weighted by atomic mass is 10.0. The van der Waals surface area contributed by atoms with Gasteiger partial charge in [0.25, 0.3) is 0 Å². The van der Waals surface area contributed by atoms with Crippen molar-refractivity contribution >= 4 is 17.4 Å². The normalized spacial score (nSPS) is 16.7. The number of ether oxygens (including phenoxy) is 1. The number of methoxy groups -OCH3 is 1. The van der Waals surface area contributed by atoms with E-state index in [0.29, 0.717) is 16.5 Å². The van der Waals surface area contributed by atoms with Crippen molar-refractivity contribution < 1.29 is 4.74 Å². The molecule has 5 heteroatoms. The molecule has 0 atom stereocenters. The predicted octanol–water partition coefficient (Wildman–Crippen LogP) is 3.48. The van der Waals surface area contributed by atoms with Gasteiger partial charge in [0.15, 0.2) is 0 Å². The SMILES string of the molecule is COCCC1(CNc2ncnc(Cl)c2C(C)C)CC1. The largest absolute Gasteiger partial charge is 0.385 e. The maximum absolute atomic E-state index is 6.16. The second-order valence-electron chi connectivity index (χ2n) is 5.68. The van der Waals surface area contributed by atoms with Crippen LogP contribution in [0, 0.1) is 5.41 Å². The van der Waals surface area contributed by atoms with Crippen LogP contribution in [-0.2, 0) is 4.74 Å². The summed E-state index contributed by atoms with van der Waals surface area (Å²) in [4.78, 5) is 8.40. The molecule has 106 valence electrons. The summed E-state index contributed by atoms with van der Waals surface area (Å²) in [6, 6.07) is 0. The lowest BCUT2D eigenvalue weighted by Gasteiger charge is -2.19. The molecule has 19 heavy (non-hydrogen) atoms. The Labute approximate surface area is 119 Å². The van der Waals surface area contributed by atoms with Gasteiger partial charge >= 0.3 is 0 Å². The molecule has 0 amide bonds. The van der Waals surface area contributed by atoms with Crippen LogP contribution in [0.25, 0.3) is 0 Å². The highest BCUT2D eigenvalue weighted by Gasteiger charge is 2.41. The smallest absolute Gasteiger partial charge is 0.138 e. The van der Waals surface area contributed by atoms with Crippen molar-refractivity contribution in [2.75, 3.05) is 25.6 Å². The third-order valence-corrected chi connectivity index (χ3v) is 4.14. The van der Waals surface area contributed by atoms with Crippen molar-refractivity contribution in [1.82, 2.24) is 9.97 Å². The van der Waals surface area contributed by atoms with Crippen molar-refractivity contribution in [2.45, 2.75) is 39.0 Å². The second kappa shape index (κ2) is 6.06. The molecule has 4 nitrogen and oxygen atoms in total. The van der Waals surface area contributed by atoms with Crippen molar-refractivity contribution in [1.29, 1.82) is 0 Å². The van der Waals surface area contributed by atoms with E-state index >= 15 is 0 Å². The lowest BCUT2D eigenvalue weighted by Crippen LogP contribution is -2.19. The molecular weight excluding hydrogens is 262 g/mol. The highest BCUT2D eigenvalue weighted by molar-refractivity contribution is 6.30. The molecule has 0 saturated heterocycles. The van der Waals surface area contributed by atoms with Crippen LogP contribution in [0.4, 0.5) is 5.82 Å². The van der Waals surface area contributed by atoms with Crippen LogP contribution in [0.3, 0.4) is 0 Å². The molecule has 0 aliphatic heterocycles. The standard InChI is InChI=1S/C14H22ClN3O/c1-10(2)11-12(15)17-9-18-13(11)16-8-14(4-5-14)6-7-19-3/h9-10H,4-8H2,1-3H3,(H,16,17,18). The summed E-state index contributed by atoms with van der Waals surface area (Å²) in [6.07, 6.45) is 5.15. The molecule has 0 bridgehead atoms. The zero-order valence-corrected chi connectivity index (χ0v) is 12.6. The summed E-state index contributed by atoms with van der Waals surface area (Å²) in [5.41, 5.74) is 1.40. The van der Waals surface area contributed by atoms with E-state index in [1.165, 1.54) is 19.2 Å². The number of nitrogens with zero attached hydrogens (tertiary/aromatic N) is 2. The van der Waals surface area contributed by atoms with Gasteiger partial charge in [-0.15, -0.1) is 0 Å². The summed E-state index contributed by atoms with van der Waals surface area (Å²) in [7, 11) is 1.75. The van der Waals surface area contributed by atoms with E-state index in [1.807, 2.05) is 0 Å². The van der Waals surface area contributed by atoms with Gasteiger partial charge in [0.05, 0.1) is 0 Å². The average molecular weight is 284 g/mol. The zero-order valence-electron chi connectivity index (χ0n) is 11.9. The van der Waals surface area contributed by atoms with Crippen LogP contribution in [0.15, 0.2) is 6.33 Å². The Hall–Kier alpha value is -0.870. The third-order valence-electron chi connectivity index (χ3n) is 3.84. The minimum Gasteiger partial charge on any atom is -0.385 e. The molecule has 1 N–H and O–H groups in total. The first kappa shape index (κ1) is 14.5. The Balaban J connectivity index is 2.02. The van der Waals surface area contributed by atoms with Crippen LogP contribution in [0.2, 0.25) is 5.15 Å². The molecule has 0 radical (unpaired) electrons. The lowest BCUT2D eigenvalue weighted by molar-refractivity contribution is 0.175. The Bertz CT molecular complexity index is 433. The minimum atomic E-state index is 0.310. The van der Waals surface area contributed by atoms with Gasteiger partial charge < -0.3 is 10.1 Å². The fourth-order valence-electron chi connectivity index (χ4n) is 2.31. The average Bonchev–Trinajstić information content (AvgIpc) is 3.14. The van der Waals surface area contributed by atoms with Crippen molar-refractivity contribution in [3.63, 3.8) is 0 Å². The number of hydrogen-bond donors (Lipinski definition) is 1. The fraction of sp³-hybridized carbons (Fsp3) is 0.714. The summed E-state index contributed by atoms with van der Waals surface area (Å²) in [6.45, 7) is 5.97. The Kier molecular flexibility index (Phi) is 4.63. The van der Waals surface area contributed by atoms with Crippen LogP contribution < -0.4 is 5.32 Å². The van der Waals surface area contributed by atoms with Gasteiger partial charge in [-0.3, -0.25) is 0 Å². The Morgan fingerprint density at radius 2 is 2.16 bits per heavy atom. The van der Waals surface area contributed by atoms with Crippen LogP contribution in [-0.4, -0.2) is 30.2 Å². The van der Waals surface area contributed by atoms with E-state index in [4.69, 9.17) is 16.3 Å². The number of nitrogens with one attached hydrogen (secondary N) is 1. The molecule has 2 rings (SSSR count). The zero-order chi connectivity index (χ0) is 13.9. The highest BCUT2D eigenvalue weighted by atomic mass is 35.5. The third kappa shape index (κ3) is 3.57. The van der Waals surface area contributed by atoms with Gasteiger partial charge in [-0.05, 0) is 30.6 Å². The molecule has 0 spiro atoms. The first-order valence-corrected chi connectivity index (χ1v) is 7.19. The maximum atomic E-state index is 6.16. The van der Waals surface area contributed by atoms with E-state index in [0.717, 1.165) is 31.0 Å². The van der Waals surface area contributed by atoms with Gasteiger partial charge in [-0.25, -0.2) is 9.97 Å². The van der Waals surface area contributed by atoms with E-state index in [1.54, 1.807) is 7.11 Å². The molecule has 0 unspecified atom stereocenters. The molecule has 1 aliphatic carbocycles. The predicted molar refractivity (Wildman–Crippen MR) is 77.8 cm³/mol. The molecular formula is C14H22ClN3O. The van der Waals surface area contributed by atoms with Crippen molar-refractivity contribution in [3.05, 3.63) is 17.0 Å². The summed E-state index contributed by atoms with van der Waals surface area (Å²) in [5, 5.41) is 4.01. The Morgan fingerprint density at radius 3 is 2.74 bits per heavy atom. The Morgan fingerprint density at radius 1 is 1.42 bits per heavy atom. The van der Waals surface area contributed by atoms with Crippen molar-refractivity contribution in [3.8, 4) is 0 Å². The van der Waals surface area contributed by atoms with Gasteiger partial charge in [0, 0.05) is 25.8 Å². The molecule has 1 saturated carbocycles. The van der Waals surface area contributed by atoms with E-state index in [9.17, 15) is 0 Å². The number of anilines is 1. The quantitative estimate of drug-likeness (QED) is 0.778. The van der Waals surface area contributed by atoms with Gasteiger partial charge in [-0.2, -0.15) is 0 Å². The van der Waals surface area contributed by atoms with Crippen LogP contribution >= 0.6 is 11.6 Å².